The molecule has 1 aliphatic rings. The summed E-state index contributed by atoms with van der Waals surface area (Å²) < 4.78 is 0. The van der Waals surface area contributed by atoms with Crippen molar-refractivity contribution in [2.24, 2.45) is 5.92 Å². The Morgan fingerprint density at radius 2 is 1.94 bits per heavy atom. The number of nitrogens with two attached hydrogens (primary N) is 1. The molecule has 1 aliphatic heterocycles. The molecule has 0 aromatic heterocycles. The SMILES string of the molecule is CC(CO)CN1C(=O)c2ccc(N)cc2C1=O. The second-order valence-corrected chi connectivity index (χ2v) is 4.31. The number of hydrogen-bond donors (Lipinski definition) is 2. The van der Waals surface area contributed by atoms with Crippen LogP contribution in [0.1, 0.15) is 27.6 Å². The summed E-state index contributed by atoms with van der Waals surface area (Å²) in [6.45, 7) is 1.94. The first-order chi connectivity index (χ1) is 8.04. The number of nitrogen functional groups attached to an aromatic ring is 1. The van der Waals surface area contributed by atoms with Crippen molar-refractivity contribution >= 4 is 17.5 Å². The van der Waals surface area contributed by atoms with Crippen LogP contribution in [0.2, 0.25) is 0 Å². The maximum Gasteiger partial charge on any atom is 0.261 e. The third-order valence-corrected chi connectivity index (χ3v) is 2.80. The van der Waals surface area contributed by atoms with E-state index in [0.29, 0.717) is 16.8 Å². The summed E-state index contributed by atoms with van der Waals surface area (Å²) in [7, 11) is 0. The number of amides is 2. The lowest BCUT2D eigenvalue weighted by Gasteiger charge is -2.17. The number of aliphatic hydroxyl groups is 1. The zero-order valence-electron chi connectivity index (χ0n) is 9.51. The standard InChI is InChI=1S/C12H14N2O3/c1-7(6-15)5-14-11(16)9-3-2-8(13)4-10(9)12(14)17/h2-4,7,15H,5-6,13H2,1H3. The van der Waals surface area contributed by atoms with Crippen molar-refractivity contribution in [1.82, 2.24) is 4.90 Å². The molecule has 1 unspecified atom stereocenters. The maximum atomic E-state index is 12.0. The van der Waals surface area contributed by atoms with E-state index in [-0.39, 0.29) is 30.9 Å². The molecular formula is C12H14N2O3. The highest BCUT2D eigenvalue weighted by Crippen LogP contribution is 2.25. The number of imide groups is 1. The summed E-state index contributed by atoms with van der Waals surface area (Å²) in [5.74, 6) is -0.780. The van der Waals surface area contributed by atoms with Gasteiger partial charge in [0, 0.05) is 18.8 Å². The van der Waals surface area contributed by atoms with E-state index in [9.17, 15) is 9.59 Å². The van der Waals surface area contributed by atoms with Crippen molar-refractivity contribution < 1.29 is 14.7 Å². The molecule has 0 aliphatic carbocycles. The Hall–Kier alpha value is -1.88. The first-order valence-electron chi connectivity index (χ1n) is 5.41. The average Bonchev–Trinajstić information content (AvgIpc) is 2.54. The summed E-state index contributed by atoms with van der Waals surface area (Å²) in [5, 5.41) is 8.96. The number of hydrogen-bond acceptors (Lipinski definition) is 4. The molecule has 0 radical (unpaired) electrons. The van der Waals surface area contributed by atoms with Crippen LogP contribution in [-0.2, 0) is 0 Å². The lowest BCUT2D eigenvalue weighted by Crippen LogP contribution is -2.34. The van der Waals surface area contributed by atoms with E-state index in [2.05, 4.69) is 0 Å². The zero-order valence-corrected chi connectivity index (χ0v) is 9.51. The fourth-order valence-corrected chi connectivity index (χ4v) is 1.84. The minimum absolute atomic E-state index is 0.0600. The number of aliphatic hydroxyl groups excluding tert-OH is 1. The van der Waals surface area contributed by atoms with Crippen LogP contribution in [-0.4, -0.2) is 35.0 Å². The predicted molar refractivity (Wildman–Crippen MR) is 62.5 cm³/mol. The molecule has 90 valence electrons. The molecular weight excluding hydrogens is 220 g/mol. The van der Waals surface area contributed by atoms with E-state index in [1.54, 1.807) is 19.1 Å². The van der Waals surface area contributed by atoms with Crippen LogP contribution >= 0.6 is 0 Å². The number of nitrogens with zero attached hydrogens (tertiary/aromatic N) is 1. The van der Waals surface area contributed by atoms with Crippen LogP contribution in [0.4, 0.5) is 5.69 Å². The molecule has 2 amide bonds. The van der Waals surface area contributed by atoms with Crippen molar-refractivity contribution in [3.05, 3.63) is 29.3 Å². The minimum atomic E-state index is -0.336. The Morgan fingerprint density at radius 1 is 1.29 bits per heavy atom. The first-order valence-corrected chi connectivity index (χ1v) is 5.41. The van der Waals surface area contributed by atoms with E-state index >= 15 is 0 Å². The van der Waals surface area contributed by atoms with Crippen molar-refractivity contribution in [3.8, 4) is 0 Å². The summed E-state index contributed by atoms with van der Waals surface area (Å²) in [5.41, 5.74) is 6.78. The molecule has 5 heteroatoms. The normalized spacial score (nSPS) is 16.2. The van der Waals surface area contributed by atoms with Gasteiger partial charge in [-0.2, -0.15) is 0 Å². The molecule has 3 N–H and O–H groups in total. The largest absolute Gasteiger partial charge is 0.399 e. The van der Waals surface area contributed by atoms with Crippen molar-refractivity contribution in [2.45, 2.75) is 6.92 Å². The fourth-order valence-electron chi connectivity index (χ4n) is 1.84. The third-order valence-electron chi connectivity index (χ3n) is 2.80. The Bertz CT molecular complexity index is 485. The van der Waals surface area contributed by atoms with E-state index in [0.717, 1.165) is 4.90 Å². The Balaban J connectivity index is 2.32. The van der Waals surface area contributed by atoms with E-state index in [1.165, 1.54) is 6.07 Å². The van der Waals surface area contributed by atoms with Gasteiger partial charge in [-0.3, -0.25) is 14.5 Å². The summed E-state index contributed by atoms with van der Waals surface area (Å²) in [4.78, 5) is 25.1. The van der Waals surface area contributed by atoms with Gasteiger partial charge < -0.3 is 10.8 Å². The second kappa shape index (κ2) is 4.18. The summed E-state index contributed by atoms with van der Waals surface area (Å²) in [6, 6.07) is 4.68. The van der Waals surface area contributed by atoms with Crippen LogP contribution in [0, 0.1) is 5.92 Å². The van der Waals surface area contributed by atoms with E-state index < -0.39 is 0 Å². The Morgan fingerprint density at radius 3 is 2.59 bits per heavy atom. The highest BCUT2D eigenvalue weighted by Gasteiger charge is 2.35. The van der Waals surface area contributed by atoms with Gasteiger partial charge in [-0.15, -0.1) is 0 Å². The van der Waals surface area contributed by atoms with Gasteiger partial charge in [0.25, 0.3) is 11.8 Å². The van der Waals surface area contributed by atoms with E-state index in [1.807, 2.05) is 0 Å². The Kier molecular flexibility index (Phi) is 2.85. The quantitative estimate of drug-likeness (QED) is 0.589. The molecule has 0 saturated heterocycles. The molecule has 0 bridgehead atoms. The number of carbonyl (C=O) groups is 2. The summed E-state index contributed by atoms with van der Waals surface area (Å²) in [6.07, 6.45) is 0. The highest BCUT2D eigenvalue weighted by molar-refractivity contribution is 6.21. The monoisotopic (exact) mass is 234 g/mol. The van der Waals surface area contributed by atoms with Gasteiger partial charge in [-0.1, -0.05) is 6.92 Å². The first kappa shape index (κ1) is 11.6. The predicted octanol–water partition coefficient (Wildman–Crippen LogP) is 0.493. The molecule has 0 saturated carbocycles. The molecule has 2 rings (SSSR count). The van der Waals surface area contributed by atoms with Gasteiger partial charge in [-0.05, 0) is 24.1 Å². The van der Waals surface area contributed by atoms with Gasteiger partial charge in [0.1, 0.15) is 0 Å². The van der Waals surface area contributed by atoms with Gasteiger partial charge in [0.15, 0.2) is 0 Å². The molecule has 1 aromatic rings. The van der Waals surface area contributed by atoms with Crippen LogP contribution in [0.25, 0.3) is 0 Å². The van der Waals surface area contributed by atoms with Crippen LogP contribution < -0.4 is 5.73 Å². The fraction of sp³-hybridized carbons (Fsp3) is 0.333. The molecule has 1 atom stereocenters. The lowest BCUT2D eigenvalue weighted by molar-refractivity contribution is 0.0614. The molecule has 0 fully saturated rings. The highest BCUT2D eigenvalue weighted by atomic mass is 16.3. The van der Waals surface area contributed by atoms with Crippen molar-refractivity contribution in [1.29, 1.82) is 0 Å². The number of carbonyl (C=O) groups excluding carboxylic acids is 2. The average molecular weight is 234 g/mol. The van der Waals surface area contributed by atoms with Gasteiger partial charge in [0.2, 0.25) is 0 Å². The molecule has 5 nitrogen and oxygen atoms in total. The molecule has 1 aromatic carbocycles. The maximum absolute atomic E-state index is 12.0. The molecule has 17 heavy (non-hydrogen) atoms. The third kappa shape index (κ3) is 1.89. The minimum Gasteiger partial charge on any atom is -0.399 e. The smallest absolute Gasteiger partial charge is 0.261 e. The molecule has 0 spiro atoms. The lowest BCUT2D eigenvalue weighted by atomic mass is 10.1. The summed E-state index contributed by atoms with van der Waals surface area (Å²) >= 11 is 0. The van der Waals surface area contributed by atoms with Crippen molar-refractivity contribution in [2.75, 3.05) is 18.9 Å². The topological polar surface area (TPSA) is 83.6 Å². The van der Waals surface area contributed by atoms with Crippen LogP contribution in [0.15, 0.2) is 18.2 Å². The number of anilines is 1. The molecule has 1 heterocycles. The number of benzene rings is 1. The number of rotatable bonds is 3. The number of fused-ring (bicyclic) bond motifs is 1. The van der Waals surface area contributed by atoms with Gasteiger partial charge in [0.05, 0.1) is 11.1 Å². The van der Waals surface area contributed by atoms with Gasteiger partial charge >= 0.3 is 0 Å². The zero-order chi connectivity index (χ0) is 12.6. The Labute approximate surface area is 98.8 Å². The van der Waals surface area contributed by atoms with Gasteiger partial charge in [-0.25, -0.2) is 0 Å². The van der Waals surface area contributed by atoms with E-state index in [4.69, 9.17) is 10.8 Å². The van der Waals surface area contributed by atoms with Crippen LogP contribution in [0.3, 0.4) is 0 Å². The second-order valence-electron chi connectivity index (χ2n) is 4.31. The van der Waals surface area contributed by atoms with Crippen molar-refractivity contribution in [3.63, 3.8) is 0 Å². The van der Waals surface area contributed by atoms with Crippen LogP contribution in [0.5, 0.6) is 0 Å².